The van der Waals surface area contributed by atoms with Gasteiger partial charge in [-0.1, -0.05) is 16.8 Å². The molecule has 1 aromatic heterocycles. The lowest BCUT2D eigenvalue weighted by molar-refractivity contribution is 0.336. The largest absolute Gasteiger partial charge is 0.497 e. The molecule has 0 saturated carbocycles. The number of halogens is 1. The van der Waals surface area contributed by atoms with Crippen molar-refractivity contribution < 1.29 is 9.26 Å². The minimum Gasteiger partial charge on any atom is -0.497 e. The molecule has 0 aliphatic heterocycles. The fraction of sp³-hybridized carbons (Fsp3) is 0.167. The summed E-state index contributed by atoms with van der Waals surface area (Å²) in [5.74, 6) is 1.77. The van der Waals surface area contributed by atoms with Gasteiger partial charge in [0.2, 0.25) is 11.7 Å². The standard InChI is InChI=1S/C18H17ClN4O2S/c1-23(18(26)20-14-7-5-13(19)6-8-14)11-16-21-17(22-25-16)12-3-9-15(24-2)10-4-12/h3-10H,11H2,1-2H3,(H,20,26). The summed E-state index contributed by atoms with van der Waals surface area (Å²) >= 11 is 11.3. The highest BCUT2D eigenvalue weighted by molar-refractivity contribution is 7.80. The molecule has 0 aliphatic carbocycles. The maximum Gasteiger partial charge on any atom is 0.246 e. The first-order chi connectivity index (χ1) is 12.5. The van der Waals surface area contributed by atoms with Gasteiger partial charge in [0.15, 0.2) is 5.11 Å². The summed E-state index contributed by atoms with van der Waals surface area (Å²) in [6.07, 6.45) is 0. The molecule has 2 aromatic carbocycles. The zero-order valence-electron chi connectivity index (χ0n) is 14.3. The van der Waals surface area contributed by atoms with Gasteiger partial charge in [-0.05, 0) is 60.7 Å². The maximum absolute atomic E-state index is 5.88. The Kier molecular flexibility index (Phi) is 5.70. The lowest BCUT2D eigenvalue weighted by Crippen LogP contribution is -2.30. The first-order valence-corrected chi connectivity index (χ1v) is 8.58. The topological polar surface area (TPSA) is 63.4 Å². The number of hydrogen-bond donors (Lipinski definition) is 1. The van der Waals surface area contributed by atoms with Crippen LogP contribution in [0.5, 0.6) is 5.75 Å². The molecule has 0 spiro atoms. The molecular weight excluding hydrogens is 372 g/mol. The summed E-state index contributed by atoms with van der Waals surface area (Å²) in [6.45, 7) is 0.391. The van der Waals surface area contributed by atoms with Crippen molar-refractivity contribution in [3.63, 3.8) is 0 Å². The molecule has 0 radical (unpaired) electrons. The lowest BCUT2D eigenvalue weighted by Gasteiger charge is -2.19. The molecule has 8 heteroatoms. The van der Waals surface area contributed by atoms with E-state index < -0.39 is 0 Å². The quantitative estimate of drug-likeness (QED) is 0.656. The minimum absolute atomic E-state index is 0.391. The summed E-state index contributed by atoms with van der Waals surface area (Å²) in [5, 5.41) is 8.36. The molecule has 0 fully saturated rings. The molecule has 0 saturated heterocycles. The molecule has 0 amide bonds. The van der Waals surface area contributed by atoms with Gasteiger partial charge in [0.1, 0.15) is 5.75 Å². The molecule has 26 heavy (non-hydrogen) atoms. The summed E-state index contributed by atoms with van der Waals surface area (Å²) in [5.41, 5.74) is 1.71. The first-order valence-electron chi connectivity index (χ1n) is 7.80. The molecule has 0 unspecified atom stereocenters. The zero-order chi connectivity index (χ0) is 18.5. The second-order valence-electron chi connectivity index (χ2n) is 5.53. The lowest BCUT2D eigenvalue weighted by atomic mass is 10.2. The van der Waals surface area contributed by atoms with Crippen LogP contribution < -0.4 is 10.1 Å². The number of hydrogen-bond acceptors (Lipinski definition) is 5. The molecule has 134 valence electrons. The molecule has 3 rings (SSSR count). The third kappa shape index (κ3) is 4.50. The van der Waals surface area contributed by atoms with Crippen LogP contribution in [0.4, 0.5) is 5.69 Å². The first kappa shape index (κ1) is 18.2. The van der Waals surface area contributed by atoms with Crippen LogP contribution in [-0.2, 0) is 6.54 Å². The second kappa shape index (κ2) is 8.16. The monoisotopic (exact) mass is 388 g/mol. The van der Waals surface area contributed by atoms with Crippen molar-refractivity contribution in [2.45, 2.75) is 6.54 Å². The number of benzene rings is 2. The third-order valence-electron chi connectivity index (χ3n) is 3.63. The molecule has 0 atom stereocenters. The maximum atomic E-state index is 5.88. The third-order valence-corrected chi connectivity index (χ3v) is 4.30. The summed E-state index contributed by atoms with van der Waals surface area (Å²) in [4.78, 5) is 6.23. The Hall–Kier alpha value is -2.64. The highest BCUT2D eigenvalue weighted by Gasteiger charge is 2.13. The second-order valence-corrected chi connectivity index (χ2v) is 6.36. The Bertz CT molecular complexity index is 881. The Morgan fingerprint density at radius 2 is 1.88 bits per heavy atom. The predicted molar refractivity (Wildman–Crippen MR) is 105 cm³/mol. The Morgan fingerprint density at radius 1 is 1.19 bits per heavy atom. The number of rotatable bonds is 5. The normalized spacial score (nSPS) is 10.4. The molecule has 1 N–H and O–H groups in total. The number of anilines is 1. The van der Waals surface area contributed by atoms with E-state index in [1.165, 1.54) is 0 Å². The Morgan fingerprint density at radius 3 is 2.54 bits per heavy atom. The smallest absolute Gasteiger partial charge is 0.246 e. The van der Waals surface area contributed by atoms with Crippen molar-refractivity contribution in [1.82, 2.24) is 15.0 Å². The van der Waals surface area contributed by atoms with E-state index >= 15 is 0 Å². The Labute approximate surface area is 161 Å². The van der Waals surface area contributed by atoms with Crippen molar-refractivity contribution in [3.05, 3.63) is 59.4 Å². The van der Waals surface area contributed by atoms with Crippen molar-refractivity contribution in [2.24, 2.45) is 0 Å². The summed E-state index contributed by atoms with van der Waals surface area (Å²) < 4.78 is 10.5. The fourth-order valence-electron chi connectivity index (χ4n) is 2.20. The number of methoxy groups -OCH3 is 1. The molecular formula is C18H17ClN4O2S. The van der Waals surface area contributed by atoms with Crippen LogP contribution in [0.3, 0.4) is 0 Å². The van der Waals surface area contributed by atoms with Gasteiger partial charge in [-0.3, -0.25) is 0 Å². The summed E-state index contributed by atoms with van der Waals surface area (Å²) in [6, 6.07) is 14.8. The highest BCUT2D eigenvalue weighted by atomic mass is 35.5. The van der Waals surface area contributed by atoms with Gasteiger partial charge in [0.05, 0.1) is 13.7 Å². The van der Waals surface area contributed by atoms with Crippen LogP contribution in [0.15, 0.2) is 53.1 Å². The molecule has 3 aromatic rings. The van der Waals surface area contributed by atoms with E-state index in [4.69, 9.17) is 33.1 Å². The predicted octanol–water partition coefficient (Wildman–Crippen LogP) is 4.23. The molecule has 1 heterocycles. The number of nitrogens with one attached hydrogen (secondary N) is 1. The van der Waals surface area contributed by atoms with Crippen LogP contribution >= 0.6 is 23.8 Å². The summed E-state index contributed by atoms with van der Waals surface area (Å²) in [7, 11) is 3.47. The van der Waals surface area contributed by atoms with Crippen LogP contribution in [0.25, 0.3) is 11.4 Å². The molecule has 0 aliphatic rings. The van der Waals surface area contributed by atoms with E-state index in [-0.39, 0.29) is 0 Å². The number of aromatic nitrogens is 2. The zero-order valence-corrected chi connectivity index (χ0v) is 15.8. The molecule has 0 bridgehead atoms. The van der Waals surface area contributed by atoms with Gasteiger partial charge in [0, 0.05) is 23.3 Å². The van der Waals surface area contributed by atoms with E-state index in [0.29, 0.717) is 28.4 Å². The van der Waals surface area contributed by atoms with Gasteiger partial charge in [-0.25, -0.2) is 0 Å². The van der Waals surface area contributed by atoms with Crippen molar-refractivity contribution in [2.75, 3.05) is 19.5 Å². The van der Waals surface area contributed by atoms with Crippen molar-refractivity contribution in [1.29, 1.82) is 0 Å². The van der Waals surface area contributed by atoms with Crippen LogP contribution in [0.1, 0.15) is 5.89 Å². The number of ether oxygens (including phenoxy) is 1. The van der Waals surface area contributed by atoms with Crippen LogP contribution in [0, 0.1) is 0 Å². The van der Waals surface area contributed by atoms with Gasteiger partial charge >= 0.3 is 0 Å². The van der Waals surface area contributed by atoms with Crippen LogP contribution in [-0.4, -0.2) is 34.3 Å². The van der Waals surface area contributed by atoms with E-state index in [1.54, 1.807) is 19.2 Å². The fourth-order valence-corrected chi connectivity index (χ4v) is 2.51. The average molecular weight is 389 g/mol. The highest BCUT2D eigenvalue weighted by Crippen LogP contribution is 2.20. The van der Waals surface area contributed by atoms with Gasteiger partial charge in [-0.15, -0.1) is 0 Å². The number of nitrogens with zero attached hydrogens (tertiary/aromatic N) is 3. The van der Waals surface area contributed by atoms with Crippen molar-refractivity contribution in [3.8, 4) is 17.1 Å². The van der Waals surface area contributed by atoms with E-state index in [9.17, 15) is 0 Å². The van der Waals surface area contributed by atoms with E-state index in [2.05, 4.69) is 15.5 Å². The molecule has 6 nitrogen and oxygen atoms in total. The number of thiocarbonyl (C=S) groups is 1. The Balaban J connectivity index is 1.62. The average Bonchev–Trinajstić information content (AvgIpc) is 3.12. The SMILES string of the molecule is COc1ccc(-c2noc(CN(C)C(=S)Nc3ccc(Cl)cc3)n2)cc1. The minimum atomic E-state index is 0.391. The van der Waals surface area contributed by atoms with Gasteiger partial charge < -0.3 is 19.5 Å². The van der Waals surface area contributed by atoms with Crippen molar-refractivity contribution >= 4 is 34.6 Å². The van der Waals surface area contributed by atoms with E-state index in [0.717, 1.165) is 17.0 Å². The van der Waals surface area contributed by atoms with Gasteiger partial charge in [-0.2, -0.15) is 4.98 Å². The van der Waals surface area contributed by atoms with Gasteiger partial charge in [0.25, 0.3) is 0 Å². The van der Waals surface area contributed by atoms with E-state index in [1.807, 2.05) is 48.3 Å². The van der Waals surface area contributed by atoms with Crippen LogP contribution in [0.2, 0.25) is 5.02 Å².